The molecule has 0 spiro atoms. The minimum absolute atomic E-state index is 0.0926. The number of hydrogen-bond donors (Lipinski definition) is 1. The van der Waals surface area contributed by atoms with Gasteiger partial charge < -0.3 is 5.32 Å². The maximum Gasteiger partial charge on any atom is 0.255 e. The molecule has 2 aromatic carbocycles. The summed E-state index contributed by atoms with van der Waals surface area (Å²) in [5, 5.41) is 2.89. The molecule has 1 N–H and O–H groups in total. The molecule has 1 amide bonds. The van der Waals surface area contributed by atoms with Crippen molar-refractivity contribution in [3.8, 4) is 0 Å². The average molecular weight is 304 g/mol. The van der Waals surface area contributed by atoms with Crippen LogP contribution in [0.3, 0.4) is 0 Å². The highest BCUT2D eigenvalue weighted by atomic mass is 79.9. The molecule has 0 aromatic heterocycles. The highest BCUT2D eigenvalue weighted by Crippen LogP contribution is 2.17. The summed E-state index contributed by atoms with van der Waals surface area (Å²) in [6, 6.07) is 13.4. The van der Waals surface area contributed by atoms with E-state index in [2.05, 4.69) is 21.2 Å². The largest absolute Gasteiger partial charge is 0.322 e. The number of aryl methyl sites for hydroxylation is 2. The van der Waals surface area contributed by atoms with Crippen molar-refractivity contribution in [1.29, 1.82) is 0 Å². The zero-order chi connectivity index (χ0) is 13.1. The SMILES string of the molecule is Cc1cccc(NC(=O)c2cc(C)cc(Br)c2)c1. The smallest absolute Gasteiger partial charge is 0.255 e. The van der Waals surface area contributed by atoms with Crippen LogP contribution < -0.4 is 5.32 Å². The molecule has 0 heterocycles. The first-order valence-electron chi connectivity index (χ1n) is 5.70. The second kappa shape index (κ2) is 5.36. The van der Waals surface area contributed by atoms with Gasteiger partial charge in [-0.1, -0.05) is 28.1 Å². The van der Waals surface area contributed by atoms with Crippen molar-refractivity contribution >= 4 is 27.5 Å². The lowest BCUT2D eigenvalue weighted by Gasteiger charge is -2.07. The molecule has 0 aliphatic heterocycles. The number of carbonyl (C=O) groups excluding carboxylic acids is 1. The highest BCUT2D eigenvalue weighted by molar-refractivity contribution is 9.10. The van der Waals surface area contributed by atoms with Crippen molar-refractivity contribution in [2.24, 2.45) is 0 Å². The van der Waals surface area contributed by atoms with Crippen LogP contribution in [0.4, 0.5) is 5.69 Å². The van der Waals surface area contributed by atoms with Gasteiger partial charge in [-0.25, -0.2) is 0 Å². The molecule has 2 aromatic rings. The van der Waals surface area contributed by atoms with Gasteiger partial charge >= 0.3 is 0 Å². The Kier molecular flexibility index (Phi) is 3.82. The van der Waals surface area contributed by atoms with Crippen molar-refractivity contribution in [2.75, 3.05) is 5.32 Å². The molecular weight excluding hydrogens is 290 g/mol. The first-order chi connectivity index (χ1) is 8.54. The molecule has 0 saturated heterocycles. The summed E-state index contributed by atoms with van der Waals surface area (Å²) < 4.78 is 0.914. The number of benzene rings is 2. The van der Waals surface area contributed by atoms with Crippen molar-refractivity contribution in [1.82, 2.24) is 0 Å². The Bertz CT molecular complexity index is 573. The second-order valence-electron chi connectivity index (χ2n) is 4.34. The molecule has 0 unspecified atom stereocenters. The maximum absolute atomic E-state index is 12.1. The minimum atomic E-state index is -0.0926. The van der Waals surface area contributed by atoms with Crippen LogP contribution in [0.5, 0.6) is 0 Å². The van der Waals surface area contributed by atoms with Crippen LogP contribution >= 0.6 is 15.9 Å². The maximum atomic E-state index is 12.1. The molecular formula is C15H14BrNO. The Morgan fingerprint density at radius 1 is 1.06 bits per heavy atom. The molecule has 0 bridgehead atoms. The van der Waals surface area contributed by atoms with Crippen LogP contribution in [-0.2, 0) is 0 Å². The molecule has 0 fully saturated rings. The fourth-order valence-corrected chi connectivity index (χ4v) is 2.40. The van der Waals surface area contributed by atoms with Crippen molar-refractivity contribution < 1.29 is 4.79 Å². The fraction of sp³-hybridized carbons (Fsp3) is 0.133. The number of halogens is 1. The number of amides is 1. The minimum Gasteiger partial charge on any atom is -0.322 e. The molecule has 0 atom stereocenters. The van der Waals surface area contributed by atoms with E-state index in [1.807, 2.05) is 56.3 Å². The summed E-state index contributed by atoms with van der Waals surface area (Å²) in [5.74, 6) is -0.0926. The zero-order valence-corrected chi connectivity index (χ0v) is 11.9. The van der Waals surface area contributed by atoms with E-state index in [0.29, 0.717) is 5.56 Å². The summed E-state index contributed by atoms with van der Waals surface area (Å²) in [6.45, 7) is 3.97. The quantitative estimate of drug-likeness (QED) is 0.879. The third kappa shape index (κ3) is 3.20. The first-order valence-corrected chi connectivity index (χ1v) is 6.49. The van der Waals surface area contributed by atoms with Crippen molar-refractivity contribution in [3.05, 3.63) is 63.6 Å². The van der Waals surface area contributed by atoms with E-state index in [4.69, 9.17) is 0 Å². The second-order valence-corrected chi connectivity index (χ2v) is 5.26. The molecule has 2 nitrogen and oxygen atoms in total. The Balaban J connectivity index is 2.22. The normalized spacial score (nSPS) is 10.2. The Hall–Kier alpha value is -1.61. The number of rotatable bonds is 2. The summed E-state index contributed by atoms with van der Waals surface area (Å²) in [6.07, 6.45) is 0. The van der Waals surface area contributed by atoms with E-state index in [1.54, 1.807) is 0 Å². The van der Waals surface area contributed by atoms with Crippen LogP contribution in [0.1, 0.15) is 21.5 Å². The van der Waals surface area contributed by atoms with Gasteiger partial charge in [-0.05, 0) is 55.3 Å². The molecule has 0 aliphatic rings. The van der Waals surface area contributed by atoms with Crippen LogP contribution in [0, 0.1) is 13.8 Å². The van der Waals surface area contributed by atoms with E-state index >= 15 is 0 Å². The summed E-state index contributed by atoms with van der Waals surface area (Å²) in [7, 11) is 0. The van der Waals surface area contributed by atoms with E-state index in [9.17, 15) is 4.79 Å². The predicted molar refractivity (Wildman–Crippen MR) is 78.0 cm³/mol. The van der Waals surface area contributed by atoms with Gasteiger partial charge in [-0.3, -0.25) is 4.79 Å². The molecule has 0 aliphatic carbocycles. The van der Waals surface area contributed by atoms with Crippen LogP contribution in [0.2, 0.25) is 0 Å². The lowest BCUT2D eigenvalue weighted by atomic mass is 10.1. The molecule has 92 valence electrons. The van der Waals surface area contributed by atoms with Gasteiger partial charge in [0, 0.05) is 15.7 Å². The van der Waals surface area contributed by atoms with E-state index in [-0.39, 0.29) is 5.91 Å². The van der Waals surface area contributed by atoms with Gasteiger partial charge in [-0.2, -0.15) is 0 Å². The number of carbonyl (C=O) groups is 1. The predicted octanol–water partition coefficient (Wildman–Crippen LogP) is 4.32. The Morgan fingerprint density at radius 2 is 1.83 bits per heavy atom. The van der Waals surface area contributed by atoms with Gasteiger partial charge in [0.1, 0.15) is 0 Å². The number of nitrogens with one attached hydrogen (secondary N) is 1. The van der Waals surface area contributed by atoms with Crippen LogP contribution in [0.15, 0.2) is 46.9 Å². The monoisotopic (exact) mass is 303 g/mol. The lowest BCUT2D eigenvalue weighted by Crippen LogP contribution is -2.12. The van der Waals surface area contributed by atoms with Crippen molar-refractivity contribution in [2.45, 2.75) is 13.8 Å². The lowest BCUT2D eigenvalue weighted by molar-refractivity contribution is 0.102. The van der Waals surface area contributed by atoms with Crippen LogP contribution in [-0.4, -0.2) is 5.91 Å². The molecule has 0 radical (unpaired) electrons. The standard InChI is InChI=1S/C15H14BrNO/c1-10-4-3-5-14(8-10)17-15(18)12-6-11(2)7-13(16)9-12/h3-9H,1-2H3,(H,17,18). The number of hydrogen-bond acceptors (Lipinski definition) is 1. The van der Waals surface area contributed by atoms with E-state index in [0.717, 1.165) is 21.3 Å². The Morgan fingerprint density at radius 3 is 2.50 bits per heavy atom. The van der Waals surface area contributed by atoms with Gasteiger partial charge in [0.15, 0.2) is 0 Å². The van der Waals surface area contributed by atoms with Gasteiger partial charge in [0.2, 0.25) is 0 Å². The van der Waals surface area contributed by atoms with Gasteiger partial charge in [0.05, 0.1) is 0 Å². The zero-order valence-electron chi connectivity index (χ0n) is 10.3. The average Bonchev–Trinajstić information content (AvgIpc) is 2.27. The summed E-state index contributed by atoms with van der Waals surface area (Å²) in [4.78, 5) is 12.1. The first kappa shape index (κ1) is 12.8. The van der Waals surface area contributed by atoms with E-state index < -0.39 is 0 Å². The summed E-state index contributed by atoms with van der Waals surface area (Å²) in [5.41, 5.74) is 3.65. The van der Waals surface area contributed by atoms with Gasteiger partial charge in [0.25, 0.3) is 5.91 Å². The highest BCUT2D eigenvalue weighted by Gasteiger charge is 2.07. The summed E-state index contributed by atoms with van der Waals surface area (Å²) >= 11 is 3.40. The molecule has 18 heavy (non-hydrogen) atoms. The number of anilines is 1. The van der Waals surface area contributed by atoms with Crippen LogP contribution in [0.25, 0.3) is 0 Å². The molecule has 2 rings (SSSR count). The molecule has 3 heteroatoms. The fourth-order valence-electron chi connectivity index (χ4n) is 1.79. The third-order valence-electron chi connectivity index (χ3n) is 2.58. The topological polar surface area (TPSA) is 29.1 Å². The van der Waals surface area contributed by atoms with E-state index in [1.165, 1.54) is 0 Å². The molecule has 0 saturated carbocycles. The van der Waals surface area contributed by atoms with Gasteiger partial charge in [-0.15, -0.1) is 0 Å². The van der Waals surface area contributed by atoms with Crippen molar-refractivity contribution in [3.63, 3.8) is 0 Å². The third-order valence-corrected chi connectivity index (χ3v) is 3.04. The Labute approximate surface area is 115 Å².